The van der Waals surface area contributed by atoms with Gasteiger partial charge in [-0.2, -0.15) is 5.10 Å². The SMILES string of the molecule is Cn1cc(CCC(N)CCc2ccco2)cn1. The number of aryl methyl sites for hydroxylation is 3. The van der Waals surface area contributed by atoms with Gasteiger partial charge < -0.3 is 10.2 Å². The number of rotatable bonds is 6. The van der Waals surface area contributed by atoms with Gasteiger partial charge in [-0.25, -0.2) is 0 Å². The van der Waals surface area contributed by atoms with Crippen molar-refractivity contribution in [3.8, 4) is 0 Å². The number of nitrogens with two attached hydrogens (primary N) is 1. The molecular weight excluding hydrogens is 214 g/mol. The normalized spacial score (nSPS) is 12.8. The molecule has 0 aliphatic heterocycles. The molecule has 2 N–H and O–H groups in total. The van der Waals surface area contributed by atoms with Crippen LogP contribution >= 0.6 is 0 Å². The van der Waals surface area contributed by atoms with E-state index in [2.05, 4.69) is 5.10 Å². The van der Waals surface area contributed by atoms with Crippen LogP contribution in [0.3, 0.4) is 0 Å². The minimum absolute atomic E-state index is 0.223. The smallest absolute Gasteiger partial charge is 0.103 e. The molecule has 0 bridgehead atoms. The minimum atomic E-state index is 0.223. The summed E-state index contributed by atoms with van der Waals surface area (Å²) in [4.78, 5) is 0. The van der Waals surface area contributed by atoms with Crippen LogP contribution < -0.4 is 5.73 Å². The van der Waals surface area contributed by atoms with Gasteiger partial charge >= 0.3 is 0 Å². The molecule has 0 amide bonds. The van der Waals surface area contributed by atoms with Gasteiger partial charge in [0, 0.05) is 25.7 Å². The maximum absolute atomic E-state index is 6.08. The van der Waals surface area contributed by atoms with Crippen LogP contribution in [0, 0.1) is 0 Å². The summed E-state index contributed by atoms with van der Waals surface area (Å²) in [6.07, 6.45) is 9.52. The Balaban J connectivity index is 1.69. The molecule has 0 aliphatic carbocycles. The second kappa shape index (κ2) is 5.68. The Kier molecular flexibility index (Phi) is 3.98. The fourth-order valence-electron chi connectivity index (χ4n) is 1.88. The first-order valence-electron chi connectivity index (χ1n) is 5.99. The predicted molar refractivity (Wildman–Crippen MR) is 66.5 cm³/mol. The summed E-state index contributed by atoms with van der Waals surface area (Å²) >= 11 is 0. The van der Waals surface area contributed by atoms with Crippen molar-refractivity contribution < 1.29 is 4.42 Å². The largest absolute Gasteiger partial charge is 0.469 e. The molecular formula is C13H19N3O. The van der Waals surface area contributed by atoms with Crippen LogP contribution in [0.1, 0.15) is 24.2 Å². The van der Waals surface area contributed by atoms with Gasteiger partial charge in [-0.15, -0.1) is 0 Å². The average Bonchev–Trinajstić information content (AvgIpc) is 2.95. The molecule has 2 heterocycles. The van der Waals surface area contributed by atoms with Crippen molar-refractivity contribution in [3.05, 3.63) is 42.1 Å². The van der Waals surface area contributed by atoms with Crippen molar-refractivity contribution in [2.45, 2.75) is 31.7 Å². The molecule has 0 saturated carbocycles. The highest BCUT2D eigenvalue weighted by Crippen LogP contribution is 2.09. The minimum Gasteiger partial charge on any atom is -0.469 e. The zero-order valence-corrected chi connectivity index (χ0v) is 10.2. The van der Waals surface area contributed by atoms with Crippen LogP contribution in [-0.2, 0) is 19.9 Å². The van der Waals surface area contributed by atoms with E-state index in [9.17, 15) is 0 Å². The topological polar surface area (TPSA) is 57.0 Å². The second-order valence-electron chi connectivity index (χ2n) is 4.44. The van der Waals surface area contributed by atoms with Crippen LogP contribution in [0.25, 0.3) is 0 Å². The lowest BCUT2D eigenvalue weighted by molar-refractivity contribution is 0.477. The molecule has 2 aromatic rings. The maximum Gasteiger partial charge on any atom is 0.103 e. The molecule has 1 unspecified atom stereocenters. The molecule has 0 fully saturated rings. The zero-order chi connectivity index (χ0) is 12.1. The van der Waals surface area contributed by atoms with E-state index in [0.717, 1.165) is 31.4 Å². The van der Waals surface area contributed by atoms with E-state index in [1.165, 1.54) is 5.56 Å². The first-order valence-corrected chi connectivity index (χ1v) is 5.99. The fourth-order valence-corrected chi connectivity index (χ4v) is 1.88. The molecule has 0 aromatic carbocycles. The number of hydrogen-bond acceptors (Lipinski definition) is 3. The zero-order valence-electron chi connectivity index (χ0n) is 10.2. The maximum atomic E-state index is 6.08. The lowest BCUT2D eigenvalue weighted by Crippen LogP contribution is -2.21. The molecule has 2 rings (SSSR count). The second-order valence-corrected chi connectivity index (χ2v) is 4.44. The fraction of sp³-hybridized carbons (Fsp3) is 0.462. The standard InChI is InChI=1S/C13H19N3O/c1-16-10-11(9-15-16)4-5-12(14)6-7-13-3-2-8-17-13/h2-3,8-10,12H,4-7,14H2,1H3. The third-order valence-corrected chi connectivity index (χ3v) is 2.90. The highest BCUT2D eigenvalue weighted by atomic mass is 16.3. The molecule has 2 aromatic heterocycles. The van der Waals surface area contributed by atoms with Crippen molar-refractivity contribution in [1.29, 1.82) is 0 Å². The molecule has 4 nitrogen and oxygen atoms in total. The lowest BCUT2D eigenvalue weighted by Gasteiger charge is -2.09. The summed E-state index contributed by atoms with van der Waals surface area (Å²) < 4.78 is 7.10. The molecule has 92 valence electrons. The van der Waals surface area contributed by atoms with Gasteiger partial charge in [-0.1, -0.05) is 0 Å². The summed E-state index contributed by atoms with van der Waals surface area (Å²) in [6, 6.07) is 4.13. The van der Waals surface area contributed by atoms with Gasteiger partial charge in [0.2, 0.25) is 0 Å². The third-order valence-electron chi connectivity index (χ3n) is 2.90. The summed E-state index contributed by atoms with van der Waals surface area (Å²) in [7, 11) is 1.93. The van der Waals surface area contributed by atoms with Crippen molar-refractivity contribution in [1.82, 2.24) is 9.78 Å². The van der Waals surface area contributed by atoms with Crippen molar-refractivity contribution in [2.75, 3.05) is 0 Å². The quantitative estimate of drug-likeness (QED) is 0.829. The van der Waals surface area contributed by atoms with Gasteiger partial charge in [0.25, 0.3) is 0 Å². The Morgan fingerprint density at radius 3 is 2.88 bits per heavy atom. The molecule has 0 saturated heterocycles. The van der Waals surface area contributed by atoms with E-state index >= 15 is 0 Å². The van der Waals surface area contributed by atoms with Gasteiger partial charge in [0.1, 0.15) is 5.76 Å². The van der Waals surface area contributed by atoms with E-state index in [1.54, 1.807) is 6.26 Å². The number of nitrogens with zero attached hydrogens (tertiary/aromatic N) is 2. The Labute approximate surface area is 101 Å². The van der Waals surface area contributed by atoms with E-state index in [4.69, 9.17) is 10.2 Å². The third kappa shape index (κ3) is 3.75. The Morgan fingerprint density at radius 1 is 1.41 bits per heavy atom. The van der Waals surface area contributed by atoms with Crippen LogP contribution in [0.4, 0.5) is 0 Å². The Morgan fingerprint density at radius 2 is 2.24 bits per heavy atom. The van der Waals surface area contributed by atoms with Crippen molar-refractivity contribution in [3.63, 3.8) is 0 Å². The van der Waals surface area contributed by atoms with Gasteiger partial charge in [0.05, 0.1) is 12.5 Å². The highest BCUT2D eigenvalue weighted by molar-refractivity contribution is 5.04. The van der Waals surface area contributed by atoms with Crippen molar-refractivity contribution >= 4 is 0 Å². The molecule has 0 radical (unpaired) electrons. The summed E-state index contributed by atoms with van der Waals surface area (Å²) in [5.74, 6) is 1.02. The van der Waals surface area contributed by atoms with Crippen LogP contribution in [0.15, 0.2) is 35.2 Å². The Bertz CT molecular complexity index is 433. The average molecular weight is 233 g/mol. The molecule has 4 heteroatoms. The number of aromatic nitrogens is 2. The number of furan rings is 1. The first kappa shape index (κ1) is 11.9. The van der Waals surface area contributed by atoms with Crippen molar-refractivity contribution in [2.24, 2.45) is 12.8 Å². The van der Waals surface area contributed by atoms with Gasteiger partial charge in [-0.3, -0.25) is 4.68 Å². The van der Waals surface area contributed by atoms with Gasteiger partial charge in [0.15, 0.2) is 0 Å². The van der Waals surface area contributed by atoms with E-state index in [0.29, 0.717) is 0 Å². The monoisotopic (exact) mass is 233 g/mol. The van der Waals surface area contributed by atoms with Crippen LogP contribution in [0.5, 0.6) is 0 Å². The molecule has 0 spiro atoms. The van der Waals surface area contributed by atoms with Gasteiger partial charge in [-0.05, 0) is 37.0 Å². The predicted octanol–water partition coefficient (Wildman–Crippen LogP) is 1.91. The first-order chi connectivity index (χ1) is 8.24. The van der Waals surface area contributed by atoms with E-state index < -0.39 is 0 Å². The molecule has 0 aliphatic rings. The summed E-state index contributed by atoms with van der Waals surface area (Å²) in [6.45, 7) is 0. The Hall–Kier alpha value is -1.55. The van der Waals surface area contributed by atoms with Crippen LogP contribution in [0.2, 0.25) is 0 Å². The lowest BCUT2D eigenvalue weighted by atomic mass is 10.0. The summed E-state index contributed by atoms with van der Waals surface area (Å²) in [5.41, 5.74) is 7.33. The number of hydrogen-bond donors (Lipinski definition) is 1. The summed E-state index contributed by atoms with van der Waals surface area (Å²) in [5, 5.41) is 4.14. The molecule has 1 atom stereocenters. The molecule has 17 heavy (non-hydrogen) atoms. The highest BCUT2D eigenvalue weighted by Gasteiger charge is 2.06. The van der Waals surface area contributed by atoms with E-state index in [1.807, 2.05) is 36.3 Å². The van der Waals surface area contributed by atoms with Crippen LogP contribution in [-0.4, -0.2) is 15.8 Å². The van der Waals surface area contributed by atoms with E-state index in [-0.39, 0.29) is 6.04 Å².